The van der Waals surface area contributed by atoms with Gasteiger partial charge in [-0.2, -0.15) is 0 Å². The maximum atomic E-state index is 12.4. The fourth-order valence-corrected chi connectivity index (χ4v) is 3.25. The van der Waals surface area contributed by atoms with Gasteiger partial charge < -0.3 is 10.1 Å². The molecule has 0 radical (unpaired) electrons. The molecule has 1 aromatic rings. The van der Waals surface area contributed by atoms with Crippen molar-refractivity contribution in [2.24, 2.45) is 11.8 Å². The minimum atomic E-state index is -4.75. The molecule has 1 saturated heterocycles. The maximum absolute atomic E-state index is 12.4. The van der Waals surface area contributed by atoms with E-state index in [1.165, 1.54) is 18.2 Å². The molecule has 2 rings (SSSR count). The van der Waals surface area contributed by atoms with E-state index in [1.807, 2.05) is 0 Å². The smallest absolute Gasteiger partial charge is 0.405 e. The quantitative estimate of drug-likeness (QED) is 0.892. The number of ether oxygens (including phenoxy) is 1. The Labute approximate surface area is 140 Å². The number of nitrogens with one attached hydrogen (secondary N) is 1. The van der Waals surface area contributed by atoms with Crippen LogP contribution in [0.3, 0.4) is 0 Å². The third kappa shape index (κ3) is 6.03. The number of amides is 1. The van der Waals surface area contributed by atoms with Gasteiger partial charge in [-0.1, -0.05) is 32.0 Å². The highest BCUT2D eigenvalue weighted by Crippen LogP contribution is 2.26. The molecule has 1 aliphatic rings. The van der Waals surface area contributed by atoms with Crippen LogP contribution < -0.4 is 10.1 Å². The number of benzene rings is 1. The number of hydrogen-bond donors (Lipinski definition) is 1. The molecule has 7 heteroatoms. The molecule has 0 aromatic heterocycles. The lowest BCUT2D eigenvalue weighted by molar-refractivity contribution is -0.274. The normalized spacial score (nSPS) is 22.2. The maximum Gasteiger partial charge on any atom is 0.573 e. The molecule has 1 aromatic carbocycles. The van der Waals surface area contributed by atoms with Crippen LogP contribution in [-0.4, -0.2) is 36.8 Å². The average Bonchev–Trinajstić information content (AvgIpc) is 2.43. The first-order valence-electron chi connectivity index (χ1n) is 8.05. The Morgan fingerprint density at radius 3 is 2.50 bits per heavy atom. The number of nitrogens with zero attached hydrogens (tertiary/aromatic N) is 1. The average molecular weight is 344 g/mol. The second kappa shape index (κ2) is 7.88. The lowest BCUT2D eigenvalue weighted by Gasteiger charge is -2.34. The van der Waals surface area contributed by atoms with E-state index in [0.717, 1.165) is 19.5 Å². The van der Waals surface area contributed by atoms with Crippen LogP contribution in [-0.2, 0) is 11.3 Å². The predicted molar refractivity (Wildman–Crippen MR) is 84.4 cm³/mol. The SMILES string of the molecule is CC1CC(C)CN(CC(=O)NCc2ccccc2OC(F)(F)F)C1. The van der Waals surface area contributed by atoms with Gasteiger partial charge in [0.2, 0.25) is 5.91 Å². The van der Waals surface area contributed by atoms with Crippen molar-refractivity contribution in [2.45, 2.75) is 33.2 Å². The molecule has 134 valence electrons. The first-order chi connectivity index (χ1) is 11.2. The third-order valence-corrected chi connectivity index (χ3v) is 3.99. The Bertz CT molecular complexity index is 553. The van der Waals surface area contributed by atoms with E-state index in [1.54, 1.807) is 6.07 Å². The van der Waals surface area contributed by atoms with Crippen molar-refractivity contribution in [3.05, 3.63) is 29.8 Å². The largest absolute Gasteiger partial charge is 0.573 e. The van der Waals surface area contributed by atoms with Crippen LogP contribution >= 0.6 is 0 Å². The number of rotatable bonds is 5. The van der Waals surface area contributed by atoms with Crippen LogP contribution in [0.1, 0.15) is 25.8 Å². The van der Waals surface area contributed by atoms with Crippen molar-refractivity contribution in [1.82, 2.24) is 10.2 Å². The Morgan fingerprint density at radius 2 is 1.88 bits per heavy atom. The molecule has 0 saturated carbocycles. The minimum absolute atomic E-state index is 0.00400. The van der Waals surface area contributed by atoms with Crippen molar-refractivity contribution in [3.8, 4) is 5.75 Å². The Balaban J connectivity index is 1.88. The van der Waals surface area contributed by atoms with Gasteiger partial charge in [-0.15, -0.1) is 13.2 Å². The molecule has 2 atom stereocenters. The van der Waals surface area contributed by atoms with Crippen molar-refractivity contribution < 1.29 is 22.7 Å². The molecule has 2 unspecified atom stereocenters. The van der Waals surface area contributed by atoms with E-state index in [4.69, 9.17) is 0 Å². The number of halogens is 3. The van der Waals surface area contributed by atoms with Crippen molar-refractivity contribution in [2.75, 3.05) is 19.6 Å². The zero-order valence-corrected chi connectivity index (χ0v) is 13.9. The monoisotopic (exact) mass is 344 g/mol. The van der Waals surface area contributed by atoms with Crippen molar-refractivity contribution >= 4 is 5.91 Å². The van der Waals surface area contributed by atoms with E-state index in [2.05, 4.69) is 28.8 Å². The third-order valence-electron chi connectivity index (χ3n) is 3.99. The fourth-order valence-electron chi connectivity index (χ4n) is 3.25. The van der Waals surface area contributed by atoms with E-state index in [9.17, 15) is 18.0 Å². The number of hydrogen-bond acceptors (Lipinski definition) is 3. The van der Waals surface area contributed by atoms with Gasteiger partial charge in [-0.3, -0.25) is 9.69 Å². The second-order valence-electron chi connectivity index (χ2n) is 6.57. The van der Waals surface area contributed by atoms with E-state index in [0.29, 0.717) is 17.4 Å². The number of carbonyl (C=O) groups is 1. The summed E-state index contributed by atoms with van der Waals surface area (Å²) in [7, 11) is 0. The van der Waals surface area contributed by atoms with E-state index in [-0.39, 0.29) is 24.7 Å². The zero-order valence-electron chi connectivity index (χ0n) is 13.9. The van der Waals surface area contributed by atoms with Gasteiger partial charge >= 0.3 is 6.36 Å². The second-order valence-corrected chi connectivity index (χ2v) is 6.57. The first-order valence-corrected chi connectivity index (χ1v) is 8.05. The molecule has 1 amide bonds. The summed E-state index contributed by atoms with van der Waals surface area (Å²) in [6.07, 6.45) is -3.60. The highest BCUT2D eigenvalue weighted by atomic mass is 19.4. The topological polar surface area (TPSA) is 41.6 Å². The van der Waals surface area contributed by atoms with Gasteiger partial charge in [-0.25, -0.2) is 0 Å². The van der Waals surface area contributed by atoms with Gasteiger partial charge in [0.1, 0.15) is 5.75 Å². The number of para-hydroxylation sites is 1. The van der Waals surface area contributed by atoms with Gasteiger partial charge in [0.15, 0.2) is 0 Å². The minimum Gasteiger partial charge on any atom is -0.405 e. The predicted octanol–water partition coefficient (Wildman–Crippen LogP) is 3.18. The summed E-state index contributed by atoms with van der Waals surface area (Å²) in [5, 5.41) is 2.67. The van der Waals surface area contributed by atoms with Crippen molar-refractivity contribution in [3.63, 3.8) is 0 Å². The molecule has 4 nitrogen and oxygen atoms in total. The number of likely N-dealkylation sites (tertiary alicyclic amines) is 1. The van der Waals surface area contributed by atoms with Crippen LogP contribution in [0.4, 0.5) is 13.2 Å². The summed E-state index contributed by atoms with van der Waals surface area (Å²) in [5.74, 6) is 0.605. The molecular weight excluding hydrogens is 321 g/mol. The molecule has 1 aliphatic heterocycles. The molecule has 0 spiro atoms. The Morgan fingerprint density at radius 1 is 1.25 bits per heavy atom. The summed E-state index contributed by atoms with van der Waals surface area (Å²) in [6, 6.07) is 5.82. The standard InChI is InChI=1S/C17H23F3N2O2/c1-12-7-13(2)10-22(9-12)11-16(23)21-8-14-5-3-4-6-15(14)24-17(18,19)20/h3-6,12-13H,7-11H2,1-2H3,(H,21,23). The van der Waals surface area contributed by atoms with Gasteiger partial charge in [0.25, 0.3) is 0 Å². The fraction of sp³-hybridized carbons (Fsp3) is 0.588. The van der Waals surface area contributed by atoms with Crippen molar-refractivity contribution in [1.29, 1.82) is 0 Å². The highest BCUT2D eigenvalue weighted by molar-refractivity contribution is 5.78. The lowest BCUT2D eigenvalue weighted by atomic mass is 9.92. The summed E-state index contributed by atoms with van der Waals surface area (Å²) < 4.78 is 41.1. The summed E-state index contributed by atoms with van der Waals surface area (Å²) in [4.78, 5) is 14.2. The zero-order chi connectivity index (χ0) is 17.7. The van der Waals surface area contributed by atoms with E-state index < -0.39 is 6.36 Å². The molecule has 24 heavy (non-hydrogen) atoms. The summed E-state index contributed by atoms with van der Waals surface area (Å²) in [5.41, 5.74) is 0.295. The van der Waals surface area contributed by atoms with Crippen LogP contribution in [0.25, 0.3) is 0 Å². The molecule has 1 fully saturated rings. The van der Waals surface area contributed by atoms with E-state index >= 15 is 0 Å². The summed E-state index contributed by atoms with van der Waals surface area (Å²) >= 11 is 0. The molecule has 1 N–H and O–H groups in total. The van der Waals surface area contributed by atoms with Gasteiger partial charge in [-0.05, 0) is 24.3 Å². The Hall–Kier alpha value is -1.76. The molecule has 0 bridgehead atoms. The molecule has 0 aliphatic carbocycles. The van der Waals surface area contributed by atoms with Crippen LogP contribution in [0, 0.1) is 11.8 Å². The van der Waals surface area contributed by atoms with Crippen LogP contribution in [0.15, 0.2) is 24.3 Å². The number of carbonyl (C=O) groups excluding carboxylic acids is 1. The Kier molecular flexibility index (Phi) is 6.10. The first kappa shape index (κ1) is 18.6. The number of piperidine rings is 1. The highest BCUT2D eigenvalue weighted by Gasteiger charge is 2.32. The molecular formula is C17H23F3N2O2. The van der Waals surface area contributed by atoms with Gasteiger partial charge in [0.05, 0.1) is 6.54 Å². The van der Waals surface area contributed by atoms with Crippen LogP contribution in [0.5, 0.6) is 5.75 Å². The number of alkyl halides is 3. The summed E-state index contributed by atoms with van der Waals surface area (Å²) in [6.45, 7) is 6.31. The van der Waals surface area contributed by atoms with Gasteiger partial charge in [0, 0.05) is 25.2 Å². The molecule has 1 heterocycles. The lowest BCUT2D eigenvalue weighted by Crippen LogP contribution is -2.44. The van der Waals surface area contributed by atoms with Crippen LogP contribution in [0.2, 0.25) is 0 Å².